The van der Waals surface area contributed by atoms with Gasteiger partial charge >= 0.3 is 0 Å². The van der Waals surface area contributed by atoms with Gasteiger partial charge in [-0.15, -0.1) is 11.3 Å². The Hall–Kier alpha value is 0.430. The van der Waals surface area contributed by atoms with Crippen molar-refractivity contribution < 1.29 is 0 Å². The van der Waals surface area contributed by atoms with Crippen molar-refractivity contribution in [2.75, 3.05) is 7.05 Å². The summed E-state index contributed by atoms with van der Waals surface area (Å²) in [5, 5.41) is 4.20. The second-order valence-electron chi connectivity index (χ2n) is 3.79. The number of hydrogen-bond acceptors (Lipinski definition) is 2. The first-order chi connectivity index (χ1) is 6.70. The highest BCUT2D eigenvalue weighted by Gasteiger charge is 2.26. The molecule has 1 N–H and O–H groups in total. The monoisotopic (exact) mass is 293 g/mol. The standard InChI is InChI=1S/C10H13BrClNS/c1-13-8(4-6-2-3-6)9-5-7(12)10(11)14-9/h5-6,8,13H,2-4H2,1H3. The van der Waals surface area contributed by atoms with E-state index >= 15 is 0 Å². The van der Waals surface area contributed by atoms with Gasteiger partial charge in [-0.05, 0) is 41.4 Å². The van der Waals surface area contributed by atoms with E-state index in [1.807, 2.05) is 7.05 Å². The zero-order chi connectivity index (χ0) is 10.1. The smallest absolute Gasteiger partial charge is 0.0887 e. The van der Waals surface area contributed by atoms with Crippen LogP contribution in [0.25, 0.3) is 0 Å². The summed E-state index contributed by atoms with van der Waals surface area (Å²) in [7, 11) is 2.02. The lowest BCUT2D eigenvalue weighted by atomic mass is 10.1. The van der Waals surface area contributed by atoms with Gasteiger partial charge in [-0.3, -0.25) is 0 Å². The van der Waals surface area contributed by atoms with Gasteiger partial charge in [0.05, 0.1) is 8.81 Å². The number of halogens is 2. The maximum Gasteiger partial charge on any atom is 0.0887 e. The molecule has 1 aromatic heterocycles. The summed E-state index contributed by atoms with van der Waals surface area (Å²) >= 11 is 11.2. The molecule has 0 radical (unpaired) electrons. The number of hydrogen-bond donors (Lipinski definition) is 1. The average molecular weight is 295 g/mol. The van der Waals surface area contributed by atoms with E-state index in [-0.39, 0.29) is 0 Å². The Morgan fingerprint density at radius 3 is 2.86 bits per heavy atom. The Labute approximate surface area is 102 Å². The molecule has 1 heterocycles. The summed E-state index contributed by atoms with van der Waals surface area (Å²) in [6.45, 7) is 0. The fraction of sp³-hybridized carbons (Fsp3) is 0.600. The van der Waals surface area contributed by atoms with Gasteiger partial charge in [0, 0.05) is 10.9 Å². The summed E-state index contributed by atoms with van der Waals surface area (Å²) in [5.41, 5.74) is 0. The van der Waals surface area contributed by atoms with Crippen molar-refractivity contribution in [1.82, 2.24) is 5.32 Å². The summed E-state index contributed by atoms with van der Waals surface area (Å²) < 4.78 is 1.05. The molecule has 1 fully saturated rings. The Bertz CT molecular complexity index is 302. The molecule has 0 bridgehead atoms. The van der Waals surface area contributed by atoms with Crippen LogP contribution in [0, 0.1) is 5.92 Å². The van der Waals surface area contributed by atoms with Crippen LogP contribution in [0.1, 0.15) is 30.2 Å². The largest absolute Gasteiger partial charge is 0.312 e. The van der Waals surface area contributed by atoms with E-state index in [1.165, 1.54) is 24.1 Å². The van der Waals surface area contributed by atoms with Crippen LogP contribution < -0.4 is 5.32 Å². The summed E-state index contributed by atoms with van der Waals surface area (Å²) in [6, 6.07) is 2.55. The lowest BCUT2D eigenvalue weighted by molar-refractivity contribution is 0.522. The molecule has 0 spiro atoms. The zero-order valence-corrected chi connectivity index (χ0v) is 11.2. The SMILES string of the molecule is CNC(CC1CC1)c1cc(Cl)c(Br)s1. The molecule has 1 unspecified atom stereocenters. The van der Waals surface area contributed by atoms with Crippen LogP contribution >= 0.6 is 38.9 Å². The Kier molecular flexibility index (Phi) is 3.53. The molecule has 1 aliphatic rings. The highest BCUT2D eigenvalue weighted by molar-refractivity contribution is 9.11. The lowest BCUT2D eigenvalue weighted by Gasteiger charge is -2.13. The topological polar surface area (TPSA) is 12.0 Å². The van der Waals surface area contributed by atoms with Gasteiger partial charge in [-0.25, -0.2) is 0 Å². The number of thiophene rings is 1. The van der Waals surface area contributed by atoms with Crippen LogP contribution in [-0.4, -0.2) is 7.05 Å². The number of rotatable bonds is 4. The van der Waals surface area contributed by atoms with Crippen molar-refractivity contribution in [3.05, 3.63) is 19.8 Å². The average Bonchev–Trinajstić information content (AvgIpc) is 2.91. The van der Waals surface area contributed by atoms with Crippen LogP contribution in [0.15, 0.2) is 9.85 Å². The molecule has 1 saturated carbocycles. The highest BCUT2D eigenvalue weighted by atomic mass is 79.9. The van der Waals surface area contributed by atoms with Gasteiger partial charge < -0.3 is 5.32 Å². The first kappa shape index (κ1) is 10.9. The molecule has 2 rings (SSSR count). The van der Waals surface area contributed by atoms with Gasteiger partial charge in [-0.2, -0.15) is 0 Å². The van der Waals surface area contributed by atoms with Crippen molar-refractivity contribution in [2.45, 2.75) is 25.3 Å². The molecular formula is C10H13BrClNS. The summed E-state index contributed by atoms with van der Waals surface area (Å²) in [6.07, 6.45) is 4.05. The van der Waals surface area contributed by atoms with Crippen LogP contribution in [0.5, 0.6) is 0 Å². The predicted octanol–water partition coefficient (Wildman–Crippen LogP) is 4.22. The third kappa shape index (κ3) is 2.51. The molecule has 4 heteroatoms. The van der Waals surface area contributed by atoms with E-state index in [4.69, 9.17) is 11.6 Å². The molecule has 0 amide bonds. The van der Waals surface area contributed by atoms with Crippen molar-refractivity contribution in [3.63, 3.8) is 0 Å². The van der Waals surface area contributed by atoms with Gasteiger partial charge in [-0.1, -0.05) is 24.4 Å². The van der Waals surface area contributed by atoms with Crippen molar-refractivity contribution in [1.29, 1.82) is 0 Å². The molecule has 1 aromatic rings. The fourth-order valence-corrected chi connectivity index (χ4v) is 3.47. The van der Waals surface area contributed by atoms with E-state index in [2.05, 4.69) is 27.3 Å². The van der Waals surface area contributed by atoms with E-state index in [1.54, 1.807) is 11.3 Å². The first-order valence-electron chi connectivity index (χ1n) is 4.82. The third-order valence-corrected chi connectivity index (χ3v) is 5.21. The molecule has 1 nitrogen and oxygen atoms in total. The highest BCUT2D eigenvalue weighted by Crippen LogP contribution is 2.41. The van der Waals surface area contributed by atoms with E-state index in [0.29, 0.717) is 6.04 Å². The van der Waals surface area contributed by atoms with Crippen molar-refractivity contribution >= 4 is 38.9 Å². The minimum absolute atomic E-state index is 0.483. The molecule has 78 valence electrons. The zero-order valence-electron chi connectivity index (χ0n) is 8.02. The Morgan fingerprint density at radius 1 is 1.71 bits per heavy atom. The molecule has 1 aliphatic carbocycles. The lowest BCUT2D eigenvalue weighted by Crippen LogP contribution is -2.15. The summed E-state index contributed by atoms with van der Waals surface area (Å²) in [5.74, 6) is 0.937. The van der Waals surface area contributed by atoms with E-state index in [0.717, 1.165) is 14.7 Å². The van der Waals surface area contributed by atoms with Crippen LogP contribution in [0.4, 0.5) is 0 Å². The second kappa shape index (κ2) is 4.52. The minimum Gasteiger partial charge on any atom is -0.312 e. The Balaban J connectivity index is 2.08. The fourth-order valence-electron chi connectivity index (χ4n) is 1.60. The minimum atomic E-state index is 0.483. The maximum atomic E-state index is 6.02. The van der Waals surface area contributed by atoms with Crippen molar-refractivity contribution in [3.8, 4) is 0 Å². The van der Waals surface area contributed by atoms with Crippen LogP contribution in [0.2, 0.25) is 5.02 Å². The molecule has 0 aliphatic heterocycles. The maximum absolute atomic E-state index is 6.02. The number of nitrogens with one attached hydrogen (secondary N) is 1. The van der Waals surface area contributed by atoms with Gasteiger partial charge in [0.2, 0.25) is 0 Å². The van der Waals surface area contributed by atoms with Crippen molar-refractivity contribution in [2.24, 2.45) is 5.92 Å². The normalized spacial score (nSPS) is 18.5. The molecule has 0 saturated heterocycles. The van der Waals surface area contributed by atoms with Gasteiger partial charge in [0.25, 0.3) is 0 Å². The van der Waals surface area contributed by atoms with Crippen LogP contribution in [-0.2, 0) is 0 Å². The summed E-state index contributed by atoms with van der Waals surface area (Å²) in [4.78, 5) is 1.34. The third-order valence-electron chi connectivity index (χ3n) is 2.62. The first-order valence-corrected chi connectivity index (χ1v) is 6.81. The van der Waals surface area contributed by atoms with Crippen LogP contribution in [0.3, 0.4) is 0 Å². The van der Waals surface area contributed by atoms with Gasteiger partial charge in [0.15, 0.2) is 0 Å². The molecular weight excluding hydrogens is 282 g/mol. The molecule has 14 heavy (non-hydrogen) atoms. The quantitative estimate of drug-likeness (QED) is 0.876. The van der Waals surface area contributed by atoms with E-state index < -0.39 is 0 Å². The predicted molar refractivity (Wildman–Crippen MR) is 66.2 cm³/mol. The Morgan fingerprint density at radius 2 is 2.43 bits per heavy atom. The molecule has 1 atom stereocenters. The van der Waals surface area contributed by atoms with E-state index in [9.17, 15) is 0 Å². The van der Waals surface area contributed by atoms with Gasteiger partial charge in [0.1, 0.15) is 0 Å². The second-order valence-corrected chi connectivity index (χ2v) is 6.60. The molecule has 0 aromatic carbocycles.